The zero-order chi connectivity index (χ0) is 51.4. The minimum Gasteiger partial charge on any atom is -0.466 e. The van der Waals surface area contributed by atoms with E-state index >= 15 is 0 Å². The summed E-state index contributed by atoms with van der Waals surface area (Å²) in [4.78, 5) is 24.6. The average Bonchev–Trinajstić information content (AvgIpc) is 3.37. The van der Waals surface area contributed by atoms with E-state index in [1.54, 1.807) is 0 Å². The van der Waals surface area contributed by atoms with E-state index in [9.17, 15) is 19.8 Å². The molecule has 0 aromatic rings. The topological polar surface area (TPSA) is 95.9 Å². The van der Waals surface area contributed by atoms with Crippen LogP contribution in [-0.2, 0) is 14.3 Å². The first-order valence-electron chi connectivity index (χ1n) is 32.1. The van der Waals surface area contributed by atoms with Gasteiger partial charge in [-0.1, -0.05) is 289 Å². The monoisotopic (exact) mass is 1000 g/mol. The molecule has 2 unspecified atom stereocenters. The molecular weight excluding hydrogens is 875 g/mol. The SMILES string of the molecule is CCCCCCCC/C=C\CCCCCCCCCC(=O)OCCCCCCCCCCC/C=C\CCCCCCCC(=O)NC(CO)C(O)CCCCCCCCCCCCCCCCCCCCC. The first-order chi connectivity index (χ1) is 35.0. The van der Waals surface area contributed by atoms with Gasteiger partial charge in [0.1, 0.15) is 0 Å². The predicted molar refractivity (Wildman–Crippen MR) is 310 cm³/mol. The first-order valence-corrected chi connectivity index (χ1v) is 32.1. The van der Waals surface area contributed by atoms with E-state index in [0.717, 1.165) is 57.8 Å². The van der Waals surface area contributed by atoms with Gasteiger partial charge in [-0.2, -0.15) is 0 Å². The molecule has 0 rings (SSSR count). The van der Waals surface area contributed by atoms with E-state index in [-0.39, 0.29) is 18.5 Å². The Morgan fingerprint density at radius 3 is 1.00 bits per heavy atom. The molecule has 0 aliphatic carbocycles. The van der Waals surface area contributed by atoms with Crippen molar-refractivity contribution in [1.29, 1.82) is 0 Å². The lowest BCUT2D eigenvalue weighted by molar-refractivity contribution is -0.143. The Bertz CT molecular complexity index is 1110. The Hall–Kier alpha value is -1.66. The van der Waals surface area contributed by atoms with Crippen molar-refractivity contribution in [2.75, 3.05) is 13.2 Å². The van der Waals surface area contributed by atoms with Crippen LogP contribution in [0.4, 0.5) is 0 Å². The largest absolute Gasteiger partial charge is 0.466 e. The molecule has 0 aromatic carbocycles. The molecule has 0 radical (unpaired) electrons. The van der Waals surface area contributed by atoms with Crippen LogP contribution in [0.5, 0.6) is 0 Å². The Kier molecular flexibility index (Phi) is 59.5. The second kappa shape index (κ2) is 60.9. The minimum atomic E-state index is -0.674. The third kappa shape index (κ3) is 57.5. The van der Waals surface area contributed by atoms with Crippen LogP contribution in [0.15, 0.2) is 24.3 Å². The number of nitrogens with one attached hydrogen (secondary N) is 1. The zero-order valence-corrected chi connectivity index (χ0v) is 48.0. The van der Waals surface area contributed by atoms with Gasteiger partial charge in [0.25, 0.3) is 0 Å². The quantitative estimate of drug-likeness (QED) is 0.0320. The van der Waals surface area contributed by atoms with Crippen LogP contribution in [0.1, 0.15) is 354 Å². The zero-order valence-electron chi connectivity index (χ0n) is 48.0. The van der Waals surface area contributed by atoms with Crippen molar-refractivity contribution in [2.24, 2.45) is 0 Å². The average molecular weight is 1000 g/mol. The van der Waals surface area contributed by atoms with Crippen molar-refractivity contribution in [1.82, 2.24) is 5.32 Å². The molecule has 0 aliphatic rings. The summed E-state index contributed by atoms with van der Waals surface area (Å²) in [5.74, 6) is -0.0459. The maximum atomic E-state index is 12.5. The Labute approximate surface area is 443 Å². The molecule has 0 saturated heterocycles. The van der Waals surface area contributed by atoms with Crippen LogP contribution in [0.3, 0.4) is 0 Å². The summed E-state index contributed by atoms with van der Waals surface area (Å²) in [6, 6.07) is -0.552. The summed E-state index contributed by atoms with van der Waals surface area (Å²) < 4.78 is 5.49. The number of unbranched alkanes of at least 4 members (excludes halogenated alkanes) is 45. The van der Waals surface area contributed by atoms with Crippen molar-refractivity contribution in [3.8, 4) is 0 Å². The van der Waals surface area contributed by atoms with Gasteiger partial charge < -0.3 is 20.3 Å². The van der Waals surface area contributed by atoms with Gasteiger partial charge >= 0.3 is 5.97 Å². The third-order valence-electron chi connectivity index (χ3n) is 15.0. The third-order valence-corrected chi connectivity index (χ3v) is 15.0. The Morgan fingerprint density at radius 2 is 0.662 bits per heavy atom. The molecule has 0 fully saturated rings. The summed E-state index contributed by atoms with van der Waals surface area (Å²) >= 11 is 0. The molecule has 420 valence electrons. The highest BCUT2D eigenvalue weighted by Crippen LogP contribution is 2.18. The molecule has 0 heterocycles. The lowest BCUT2D eigenvalue weighted by Gasteiger charge is -2.22. The summed E-state index contributed by atoms with van der Waals surface area (Å²) in [7, 11) is 0. The van der Waals surface area contributed by atoms with E-state index < -0.39 is 12.1 Å². The van der Waals surface area contributed by atoms with Crippen LogP contribution in [-0.4, -0.2) is 47.4 Å². The molecule has 2 atom stereocenters. The first kappa shape index (κ1) is 69.3. The summed E-state index contributed by atoms with van der Waals surface area (Å²) in [6.45, 7) is 4.96. The van der Waals surface area contributed by atoms with E-state index in [1.807, 2.05) is 0 Å². The molecule has 0 bridgehead atoms. The van der Waals surface area contributed by atoms with E-state index in [4.69, 9.17) is 4.74 Å². The van der Waals surface area contributed by atoms with Crippen molar-refractivity contribution < 1.29 is 24.5 Å². The molecule has 0 saturated carbocycles. The fourth-order valence-electron chi connectivity index (χ4n) is 10.0. The molecule has 3 N–H and O–H groups in total. The van der Waals surface area contributed by atoms with Crippen molar-refractivity contribution in [2.45, 2.75) is 366 Å². The van der Waals surface area contributed by atoms with Crippen LogP contribution in [0, 0.1) is 0 Å². The van der Waals surface area contributed by atoms with Gasteiger partial charge in [0, 0.05) is 12.8 Å². The number of rotatable bonds is 60. The lowest BCUT2D eigenvalue weighted by Crippen LogP contribution is -2.45. The fraction of sp³-hybridized carbons (Fsp3) is 0.908. The standard InChI is InChI=1S/C65H125NO5/c1-3-5-7-9-11-13-15-17-19-21-22-26-29-33-37-41-45-49-53-57-63(68)62(61-67)66-64(69)58-54-50-46-42-38-34-30-27-23-24-28-32-36-40-44-48-52-56-60-71-65(70)59-55-51-47-43-39-35-31-25-20-18-16-14-12-10-8-6-4-2/h18,20,27,30,62-63,67-68H,3-17,19,21-26,28-29,31-61H2,1-2H3,(H,66,69)/b20-18-,30-27-. The molecule has 6 heteroatoms. The molecule has 0 aromatic heterocycles. The van der Waals surface area contributed by atoms with E-state index in [2.05, 4.69) is 43.5 Å². The molecule has 0 spiro atoms. The normalized spacial score (nSPS) is 12.7. The number of ether oxygens (including phenoxy) is 1. The van der Waals surface area contributed by atoms with E-state index in [0.29, 0.717) is 25.9 Å². The minimum absolute atomic E-state index is 0.000381. The summed E-state index contributed by atoms with van der Waals surface area (Å²) in [5.41, 5.74) is 0. The van der Waals surface area contributed by atoms with Gasteiger partial charge in [0.05, 0.1) is 25.4 Å². The second-order valence-corrected chi connectivity index (χ2v) is 22.1. The molecule has 71 heavy (non-hydrogen) atoms. The molecule has 0 aliphatic heterocycles. The molecule has 6 nitrogen and oxygen atoms in total. The number of carbonyl (C=O) groups excluding carboxylic acids is 2. The Balaban J connectivity index is 3.44. The van der Waals surface area contributed by atoms with Crippen LogP contribution in [0.2, 0.25) is 0 Å². The lowest BCUT2D eigenvalue weighted by atomic mass is 10.0. The van der Waals surface area contributed by atoms with E-state index in [1.165, 1.54) is 263 Å². The molecular formula is C65H125NO5. The Morgan fingerprint density at radius 1 is 0.380 bits per heavy atom. The van der Waals surface area contributed by atoms with Crippen LogP contribution >= 0.6 is 0 Å². The van der Waals surface area contributed by atoms with Gasteiger partial charge in [-0.05, 0) is 77.0 Å². The smallest absolute Gasteiger partial charge is 0.305 e. The van der Waals surface area contributed by atoms with Crippen molar-refractivity contribution in [3.63, 3.8) is 0 Å². The van der Waals surface area contributed by atoms with Gasteiger partial charge in [-0.3, -0.25) is 9.59 Å². The van der Waals surface area contributed by atoms with Gasteiger partial charge in [0.2, 0.25) is 5.91 Å². The van der Waals surface area contributed by atoms with Crippen molar-refractivity contribution >= 4 is 11.9 Å². The maximum Gasteiger partial charge on any atom is 0.305 e. The predicted octanol–water partition coefficient (Wildman–Crippen LogP) is 20.2. The number of aliphatic hydroxyl groups is 2. The van der Waals surface area contributed by atoms with Gasteiger partial charge in [-0.15, -0.1) is 0 Å². The van der Waals surface area contributed by atoms with Crippen LogP contribution < -0.4 is 5.32 Å². The number of hydrogen-bond acceptors (Lipinski definition) is 5. The maximum absolute atomic E-state index is 12.5. The summed E-state index contributed by atoms with van der Waals surface area (Å²) in [6.07, 6.45) is 74.7. The summed E-state index contributed by atoms with van der Waals surface area (Å²) in [5, 5.41) is 23.3. The number of esters is 1. The van der Waals surface area contributed by atoms with Crippen molar-refractivity contribution in [3.05, 3.63) is 24.3 Å². The number of amides is 1. The number of carbonyl (C=O) groups is 2. The van der Waals surface area contributed by atoms with Gasteiger partial charge in [0.15, 0.2) is 0 Å². The van der Waals surface area contributed by atoms with Gasteiger partial charge in [-0.25, -0.2) is 0 Å². The molecule has 1 amide bonds. The number of allylic oxidation sites excluding steroid dienone is 4. The highest BCUT2D eigenvalue weighted by Gasteiger charge is 2.20. The van der Waals surface area contributed by atoms with Crippen LogP contribution in [0.25, 0.3) is 0 Å². The second-order valence-electron chi connectivity index (χ2n) is 22.1. The number of hydrogen-bond donors (Lipinski definition) is 3. The highest BCUT2D eigenvalue weighted by atomic mass is 16.5. The fourth-order valence-corrected chi connectivity index (χ4v) is 10.0. The highest BCUT2D eigenvalue weighted by molar-refractivity contribution is 5.76. The number of aliphatic hydroxyl groups excluding tert-OH is 2.